The van der Waals surface area contributed by atoms with Gasteiger partial charge < -0.3 is 0 Å². The lowest BCUT2D eigenvalue weighted by Crippen LogP contribution is -2.41. The second-order valence-electron chi connectivity index (χ2n) is 4.57. The van der Waals surface area contributed by atoms with Crippen molar-refractivity contribution in [1.82, 2.24) is 9.55 Å². The first-order chi connectivity index (χ1) is 8.08. The van der Waals surface area contributed by atoms with Gasteiger partial charge in [0.05, 0.1) is 4.75 Å². The van der Waals surface area contributed by atoms with E-state index in [0.29, 0.717) is 0 Å². The van der Waals surface area contributed by atoms with Crippen LogP contribution in [-0.4, -0.2) is 29.0 Å². The van der Waals surface area contributed by atoms with Gasteiger partial charge in [0.1, 0.15) is 11.6 Å². The largest absolute Gasteiger partial charge is 0.328 e. The molecule has 0 fully saturated rings. The Morgan fingerprint density at radius 1 is 1.44 bits per heavy atom. The Bertz CT molecular complexity index is 719. The monoisotopic (exact) mass is 271 g/mol. The van der Waals surface area contributed by atoms with Crippen molar-refractivity contribution in [3.63, 3.8) is 0 Å². The predicted octanol–water partition coefficient (Wildman–Crippen LogP) is -0.769. The molecule has 0 aliphatic heterocycles. The molecule has 0 aromatic carbocycles. The van der Waals surface area contributed by atoms with Crippen LogP contribution in [0.15, 0.2) is 15.8 Å². The van der Waals surface area contributed by atoms with E-state index in [1.54, 1.807) is 6.07 Å². The van der Waals surface area contributed by atoms with Crippen molar-refractivity contribution in [2.45, 2.75) is 25.1 Å². The van der Waals surface area contributed by atoms with E-state index in [4.69, 9.17) is 5.26 Å². The molecule has 0 radical (unpaired) electrons. The molecule has 1 aromatic heterocycles. The summed E-state index contributed by atoms with van der Waals surface area (Å²) >= 11 is 0. The molecule has 1 heterocycles. The van der Waals surface area contributed by atoms with E-state index in [1.807, 2.05) is 4.98 Å². The second-order valence-corrected chi connectivity index (χ2v) is 7.22. The van der Waals surface area contributed by atoms with Crippen LogP contribution in [0, 0.1) is 11.3 Å². The molecule has 0 aliphatic carbocycles. The van der Waals surface area contributed by atoms with E-state index in [9.17, 15) is 18.0 Å². The van der Waals surface area contributed by atoms with Crippen LogP contribution >= 0.6 is 0 Å². The number of nitrogens with zero attached hydrogens (tertiary/aromatic N) is 2. The average molecular weight is 271 g/mol. The highest BCUT2D eigenvalue weighted by Crippen LogP contribution is 2.16. The maximum atomic E-state index is 11.5. The number of sulfone groups is 1. The van der Waals surface area contributed by atoms with E-state index in [1.165, 1.54) is 13.8 Å². The standard InChI is InChI=1S/C10H13N3O4S/c1-10(2,18(3,16)17)6-13-5-7(4-11)8(14)12-9(13)15/h5H,6H2,1-3H3,(H,12,14,15). The maximum absolute atomic E-state index is 11.5. The fraction of sp³-hybridized carbons (Fsp3) is 0.500. The van der Waals surface area contributed by atoms with Crippen molar-refractivity contribution >= 4 is 9.84 Å². The Morgan fingerprint density at radius 2 is 2.00 bits per heavy atom. The third kappa shape index (κ3) is 2.68. The van der Waals surface area contributed by atoms with Crippen LogP contribution in [0.25, 0.3) is 0 Å². The smallest absolute Gasteiger partial charge is 0.298 e. The van der Waals surface area contributed by atoms with Crippen molar-refractivity contribution in [2.75, 3.05) is 6.26 Å². The van der Waals surface area contributed by atoms with E-state index >= 15 is 0 Å². The highest BCUT2D eigenvalue weighted by atomic mass is 32.2. The molecule has 1 rings (SSSR count). The lowest BCUT2D eigenvalue weighted by atomic mass is 10.2. The first-order valence-electron chi connectivity index (χ1n) is 5.02. The molecule has 7 nitrogen and oxygen atoms in total. The maximum Gasteiger partial charge on any atom is 0.328 e. The molecule has 0 spiro atoms. The summed E-state index contributed by atoms with van der Waals surface area (Å²) in [5.41, 5.74) is -1.76. The van der Waals surface area contributed by atoms with Gasteiger partial charge in [0.15, 0.2) is 9.84 Å². The summed E-state index contributed by atoms with van der Waals surface area (Å²) in [5.74, 6) is 0. The number of aromatic amines is 1. The van der Waals surface area contributed by atoms with Crippen LogP contribution in [0.4, 0.5) is 0 Å². The molecule has 98 valence electrons. The molecule has 0 aliphatic rings. The Kier molecular flexibility index (Phi) is 3.48. The van der Waals surface area contributed by atoms with Gasteiger partial charge in [-0.1, -0.05) is 0 Å². The fourth-order valence-corrected chi connectivity index (χ4v) is 1.61. The van der Waals surface area contributed by atoms with Crippen molar-refractivity contribution in [3.8, 4) is 6.07 Å². The Labute approximate surface area is 104 Å². The molecule has 0 bridgehead atoms. The zero-order valence-electron chi connectivity index (χ0n) is 10.2. The number of rotatable bonds is 3. The molecule has 0 saturated heterocycles. The van der Waals surface area contributed by atoms with Crippen molar-refractivity contribution < 1.29 is 8.42 Å². The van der Waals surface area contributed by atoms with E-state index < -0.39 is 25.8 Å². The third-order valence-corrected chi connectivity index (χ3v) is 4.82. The van der Waals surface area contributed by atoms with Crippen LogP contribution in [0.5, 0.6) is 0 Å². The molecule has 18 heavy (non-hydrogen) atoms. The van der Waals surface area contributed by atoms with Crippen LogP contribution < -0.4 is 11.2 Å². The molecule has 0 atom stereocenters. The van der Waals surface area contributed by atoms with Crippen LogP contribution in [0.2, 0.25) is 0 Å². The molecular formula is C10H13N3O4S. The summed E-state index contributed by atoms with van der Waals surface area (Å²) in [6, 6.07) is 1.63. The summed E-state index contributed by atoms with van der Waals surface area (Å²) in [6.45, 7) is 2.79. The van der Waals surface area contributed by atoms with E-state index in [0.717, 1.165) is 17.0 Å². The van der Waals surface area contributed by atoms with Crippen molar-refractivity contribution in [3.05, 3.63) is 32.6 Å². The minimum atomic E-state index is -3.38. The Morgan fingerprint density at radius 3 is 2.44 bits per heavy atom. The molecule has 0 amide bonds. The molecule has 0 saturated carbocycles. The number of hydrogen-bond donors (Lipinski definition) is 1. The summed E-state index contributed by atoms with van der Waals surface area (Å²) in [4.78, 5) is 24.7. The second kappa shape index (κ2) is 4.42. The van der Waals surface area contributed by atoms with Gasteiger partial charge in [-0.15, -0.1) is 0 Å². The number of nitriles is 1. The first-order valence-corrected chi connectivity index (χ1v) is 6.91. The zero-order valence-corrected chi connectivity index (χ0v) is 11.0. The third-order valence-electron chi connectivity index (χ3n) is 2.69. The number of hydrogen-bond acceptors (Lipinski definition) is 5. The highest BCUT2D eigenvalue weighted by Gasteiger charge is 2.31. The zero-order chi connectivity index (χ0) is 14.1. The summed E-state index contributed by atoms with van der Waals surface area (Å²) in [5, 5.41) is 8.69. The summed E-state index contributed by atoms with van der Waals surface area (Å²) in [7, 11) is -3.38. The summed E-state index contributed by atoms with van der Waals surface area (Å²) < 4.78 is 22.9. The Balaban J connectivity index is 3.35. The minimum Gasteiger partial charge on any atom is -0.298 e. The van der Waals surface area contributed by atoms with Crippen LogP contribution in [0.1, 0.15) is 19.4 Å². The molecule has 0 unspecified atom stereocenters. The molecule has 8 heteroatoms. The lowest BCUT2D eigenvalue weighted by molar-refractivity contribution is 0.490. The van der Waals surface area contributed by atoms with Gasteiger partial charge >= 0.3 is 5.69 Å². The van der Waals surface area contributed by atoms with Gasteiger partial charge in [0.25, 0.3) is 5.56 Å². The molecule has 1 N–H and O–H groups in total. The molecular weight excluding hydrogens is 258 g/mol. The number of aromatic nitrogens is 2. The van der Waals surface area contributed by atoms with Crippen molar-refractivity contribution in [1.29, 1.82) is 5.26 Å². The van der Waals surface area contributed by atoms with Gasteiger partial charge in [-0.3, -0.25) is 14.3 Å². The normalized spacial score (nSPS) is 12.1. The van der Waals surface area contributed by atoms with Gasteiger partial charge in [-0.25, -0.2) is 13.2 Å². The fourth-order valence-electron chi connectivity index (χ4n) is 1.23. The average Bonchev–Trinajstić information content (AvgIpc) is 2.20. The Hall–Kier alpha value is -1.88. The van der Waals surface area contributed by atoms with Gasteiger partial charge in [-0.05, 0) is 13.8 Å². The van der Waals surface area contributed by atoms with Gasteiger partial charge in [0.2, 0.25) is 0 Å². The van der Waals surface area contributed by atoms with E-state index in [-0.39, 0.29) is 12.1 Å². The van der Waals surface area contributed by atoms with Crippen LogP contribution in [-0.2, 0) is 16.4 Å². The van der Waals surface area contributed by atoms with E-state index in [2.05, 4.69) is 0 Å². The predicted molar refractivity (Wildman–Crippen MR) is 65.0 cm³/mol. The van der Waals surface area contributed by atoms with Gasteiger partial charge in [0, 0.05) is 19.0 Å². The lowest BCUT2D eigenvalue weighted by Gasteiger charge is -2.23. The number of H-pyrrole nitrogens is 1. The first kappa shape index (κ1) is 14.2. The molecule has 1 aromatic rings. The summed E-state index contributed by atoms with van der Waals surface area (Å²) in [6.07, 6.45) is 2.13. The van der Waals surface area contributed by atoms with Gasteiger partial charge in [-0.2, -0.15) is 5.26 Å². The quantitative estimate of drug-likeness (QED) is 0.775. The van der Waals surface area contributed by atoms with Crippen molar-refractivity contribution in [2.24, 2.45) is 0 Å². The minimum absolute atomic E-state index is 0.143. The number of nitrogens with one attached hydrogen (secondary N) is 1. The van der Waals surface area contributed by atoms with Crippen LogP contribution in [0.3, 0.4) is 0 Å². The highest BCUT2D eigenvalue weighted by molar-refractivity contribution is 7.92. The topological polar surface area (TPSA) is 113 Å². The SMILES string of the molecule is CC(C)(Cn1cc(C#N)c(=O)[nH]c1=O)S(C)(=O)=O.